The van der Waals surface area contributed by atoms with Crippen molar-refractivity contribution in [3.63, 3.8) is 0 Å². The maximum atomic E-state index is 14.3. The lowest BCUT2D eigenvalue weighted by molar-refractivity contribution is -0.134. The number of benzene rings is 4. The lowest BCUT2D eigenvalue weighted by Crippen LogP contribution is -2.47. The summed E-state index contributed by atoms with van der Waals surface area (Å²) in [4.78, 5) is 60.8. The first-order valence-corrected chi connectivity index (χ1v) is 14.2. The molecular weight excluding hydrogens is 572 g/mol. The number of carbonyl (C=O) groups is 4. The molecule has 224 valence electrons. The monoisotopic (exact) mass is 600 g/mol. The number of aliphatic imine (C=N–C) groups is 1. The van der Waals surface area contributed by atoms with Gasteiger partial charge in [0, 0.05) is 35.9 Å². The molecule has 0 radical (unpaired) electrons. The highest BCUT2D eigenvalue weighted by molar-refractivity contribution is 6.20. The summed E-state index contributed by atoms with van der Waals surface area (Å²) in [6, 6.07) is 30.7. The van der Waals surface area contributed by atoms with Gasteiger partial charge in [-0.3, -0.25) is 19.2 Å². The maximum Gasteiger partial charge on any atom is 0.308 e. The van der Waals surface area contributed by atoms with E-state index in [1.165, 1.54) is 30.9 Å². The highest BCUT2D eigenvalue weighted by Crippen LogP contribution is 2.33. The summed E-state index contributed by atoms with van der Waals surface area (Å²) in [5.41, 5.74) is 4.23. The zero-order valence-electron chi connectivity index (χ0n) is 24.4. The van der Waals surface area contributed by atoms with Gasteiger partial charge in [0.2, 0.25) is 6.17 Å². The van der Waals surface area contributed by atoms with E-state index in [2.05, 4.69) is 10.3 Å². The number of ether oxygens (including phenoxy) is 2. The van der Waals surface area contributed by atoms with Crippen LogP contribution in [0.15, 0.2) is 108 Å². The Morgan fingerprint density at radius 2 is 1.51 bits per heavy atom. The van der Waals surface area contributed by atoms with Crippen molar-refractivity contribution in [3.05, 3.63) is 126 Å². The van der Waals surface area contributed by atoms with Crippen LogP contribution in [0.4, 0.5) is 5.69 Å². The molecule has 2 amide bonds. The van der Waals surface area contributed by atoms with Crippen LogP contribution in [0.25, 0.3) is 10.9 Å². The number of H-pyrrole nitrogens is 1. The number of benzodiazepines with no additional fused rings is 1. The first-order valence-electron chi connectivity index (χ1n) is 14.2. The van der Waals surface area contributed by atoms with Crippen molar-refractivity contribution >= 4 is 46.1 Å². The predicted octanol–water partition coefficient (Wildman–Crippen LogP) is 5.16. The summed E-state index contributed by atoms with van der Waals surface area (Å²) in [5.74, 6) is -2.03. The van der Waals surface area contributed by atoms with Gasteiger partial charge in [0.1, 0.15) is 5.69 Å². The number of hydrogen-bond acceptors (Lipinski definition) is 7. The number of carbonyl (C=O) groups excluding carboxylic acids is 4. The van der Waals surface area contributed by atoms with Crippen LogP contribution in [0.3, 0.4) is 0 Å². The third kappa shape index (κ3) is 6.21. The molecule has 2 heterocycles. The van der Waals surface area contributed by atoms with E-state index in [0.29, 0.717) is 28.2 Å². The second-order valence-corrected chi connectivity index (χ2v) is 10.4. The van der Waals surface area contributed by atoms with Crippen LogP contribution in [0.5, 0.6) is 11.5 Å². The molecule has 45 heavy (non-hydrogen) atoms. The number of nitrogens with zero attached hydrogens (tertiary/aromatic N) is 2. The first-order chi connectivity index (χ1) is 21.8. The second kappa shape index (κ2) is 12.3. The van der Waals surface area contributed by atoms with Gasteiger partial charge in [-0.05, 0) is 35.9 Å². The Hall–Kier alpha value is -6.03. The first kappa shape index (κ1) is 29.1. The highest BCUT2D eigenvalue weighted by atomic mass is 16.6. The van der Waals surface area contributed by atoms with E-state index < -0.39 is 29.9 Å². The number of aromatic nitrogens is 1. The molecule has 5 aromatic rings. The van der Waals surface area contributed by atoms with E-state index in [4.69, 9.17) is 14.5 Å². The number of anilines is 1. The van der Waals surface area contributed by atoms with Crippen LogP contribution >= 0.6 is 0 Å². The topological polar surface area (TPSA) is 130 Å². The van der Waals surface area contributed by atoms with E-state index in [1.807, 2.05) is 78.9 Å². The van der Waals surface area contributed by atoms with Crippen LogP contribution in [-0.4, -0.2) is 40.6 Å². The molecule has 0 aliphatic carbocycles. The van der Waals surface area contributed by atoms with Gasteiger partial charge in [-0.15, -0.1) is 0 Å². The van der Waals surface area contributed by atoms with Gasteiger partial charge >= 0.3 is 11.9 Å². The number of rotatable bonds is 7. The summed E-state index contributed by atoms with van der Waals surface area (Å²) < 4.78 is 10.5. The summed E-state index contributed by atoms with van der Waals surface area (Å²) in [7, 11) is 0. The van der Waals surface area contributed by atoms with Gasteiger partial charge in [0.25, 0.3) is 11.8 Å². The predicted molar refractivity (Wildman–Crippen MR) is 168 cm³/mol. The normalized spacial score (nSPS) is 14.3. The molecule has 0 saturated carbocycles. The molecule has 10 nitrogen and oxygen atoms in total. The third-order valence-electron chi connectivity index (χ3n) is 7.15. The van der Waals surface area contributed by atoms with Crippen molar-refractivity contribution in [2.75, 3.05) is 4.90 Å². The fourth-order valence-electron chi connectivity index (χ4n) is 5.22. The molecule has 0 spiro atoms. The molecule has 0 bridgehead atoms. The SMILES string of the molecule is CC(=O)Oc1ccc(CN2C(=O)C(NC(=O)c3cc4ccccc4[nH]3)N=C(c3ccccc3)c3ccccc32)cc1OC(C)=O. The van der Waals surface area contributed by atoms with Crippen molar-refractivity contribution in [1.29, 1.82) is 0 Å². The Kier molecular flexibility index (Phi) is 7.94. The summed E-state index contributed by atoms with van der Waals surface area (Å²) >= 11 is 0. The smallest absolute Gasteiger partial charge is 0.308 e. The lowest BCUT2D eigenvalue weighted by Gasteiger charge is -2.26. The van der Waals surface area contributed by atoms with Gasteiger partial charge in [0.15, 0.2) is 11.5 Å². The molecule has 1 aliphatic rings. The lowest BCUT2D eigenvalue weighted by atomic mass is 10.00. The van der Waals surface area contributed by atoms with E-state index in [1.54, 1.807) is 12.1 Å². The van der Waals surface area contributed by atoms with E-state index in [0.717, 1.165) is 16.5 Å². The van der Waals surface area contributed by atoms with Gasteiger partial charge in [-0.1, -0.05) is 72.8 Å². The van der Waals surface area contributed by atoms with E-state index in [9.17, 15) is 19.2 Å². The molecular formula is C35H28N4O6. The van der Waals surface area contributed by atoms with Crippen LogP contribution in [0.1, 0.15) is 41.0 Å². The standard InChI is InChI=1S/C35H28N4O6/c1-21(40)44-30-17-16-23(18-31(30)45-22(2)41)20-39-29-15-9-7-13-26(29)32(24-10-4-3-5-11-24)37-33(35(39)43)38-34(42)28-19-25-12-6-8-14-27(25)36-28/h3-19,33,36H,20H2,1-2H3,(H,38,42). The number of esters is 2. The molecule has 1 aromatic heterocycles. The minimum absolute atomic E-state index is 0.0286. The number of hydrogen-bond donors (Lipinski definition) is 2. The van der Waals surface area contributed by atoms with Crippen molar-refractivity contribution in [2.45, 2.75) is 26.6 Å². The Balaban J connectivity index is 1.42. The number of aromatic amines is 1. The fraction of sp³-hybridized carbons (Fsp3) is 0.114. The quantitative estimate of drug-likeness (QED) is 0.196. The van der Waals surface area contributed by atoms with Crippen LogP contribution < -0.4 is 19.7 Å². The number of amides is 2. The molecule has 6 rings (SSSR count). The van der Waals surface area contributed by atoms with Crippen molar-refractivity contribution < 1.29 is 28.7 Å². The van der Waals surface area contributed by atoms with Crippen LogP contribution in [0.2, 0.25) is 0 Å². The minimum atomic E-state index is -1.28. The highest BCUT2D eigenvalue weighted by Gasteiger charge is 2.33. The van der Waals surface area contributed by atoms with Gasteiger partial charge in [-0.25, -0.2) is 4.99 Å². The Morgan fingerprint density at radius 1 is 0.822 bits per heavy atom. The number of nitrogens with one attached hydrogen (secondary N) is 2. The molecule has 10 heteroatoms. The fourth-order valence-corrected chi connectivity index (χ4v) is 5.22. The molecule has 0 saturated heterocycles. The Morgan fingerprint density at radius 3 is 2.27 bits per heavy atom. The van der Waals surface area contributed by atoms with Crippen molar-refractivity contribution in [1.82, 2.24) is 10.3 Å². The molecule has 1 atom stereocenters. The number of para-hydroxylation sites is 2. The molecule has 4 aromatic carbocycles. The van der Waals surface area contributed by atoms with Crippen LogP contribution in [0, 0.1) is 0 Å². The molecule has 1 unspecified atom stereocenters. The van der Waals surface area contributed by atoms with Gasteiger partial charge in [-0.2, -0.15) is 0 Å². The Bertz CT molecular complexity index is 1950. The maximum absolute atomic E-state index is 14.3. The average molecular weight is 601 g/mol. The summed E-state index contributed by atoms with van der Waals surface area (Å²) in [6.07, 6.45) is -1.28. The Labute approximate surface area is 258 Å². The van der Waals surface area contributed by atoms with E-state index in [-0.39, 0.29) is 18.0 Å². The molecule has 1 aliphatic heterocycles. The minimum Gasteiger partial charge on any atom is -0.423 e. The summed E-state index contributed by atoms with van der Waals surface area (Å²) in [5, 5.41) is 3.69. The number of fused-ring (bicyclic) bond motifs is 2. The van der Waals surface area contributed by atoms with Crippen LogP contribution in [-0.2, 0) is 20.9 Å². The zero-order valence-corrected chi connectivity index (χ0v) is 24.4. The third-order valence-corrected chi connectivity index (χ3v) is 7.15. The molecule has 2 N–H and O–H groups in total. The van der Waals surface area contributed by atoms with Gasteiger partial charge in [0.05, 0.1) is 17.9 Å². The largest absolute Gasteiger partial charge is 0.423 e. The van der Waals surface area contributed by atoms with Gasteiger partial charge < -0.3 is 24.7 Å². The second-order valence-electron chi connectivity index (χ2n) is 10.4. The van der Waals surface area contributed by atoms with Crippen molar-refractivity contribution in [3.8, 4) is 11.5 Å². The average Bonchev–Trinajstić information content (AvgIpc) is 3.43. The molecule has 0 fully saturated rings. The zero-order chi connectivity index (χ0) is 31.5. The van der Waals surface area contributed by atoms with E-state index >= 15 is 0 Å². The summed E-state index contributed by atoms with van der Waals surface area (Å²) in [6.45, 7) is 2.51. The van der Waals surface area contributed by atoms with Crippen molar-refractivity contribution in [2.24, 2.45) is 4.99 Å².